The number of Topliss-reactive ketones (excluding diaryl/α,β-unsaturated/α-hetero) is 1. The van der Waals surface area contributed by atoms with E-state index >= 15 is 0 Å². The van der Waals surface area contributed by atoms with E-state index < -0.39 is 0 Å². The van der Waals surface area contributed by atoms with Crippen LogP contribution >= 0.6 is 11.8 Å². The summed E-state index contributed by atoms with van der Waals surface area (Å²) in [7, 11) is 1.59. The van der Waals surface area contributed by atoms with Crippen LogP contribution in [0.4, 0.5) is 4.39 Å². The first-order valence-electron chi connectivity index (χ1n) is 11.5. The summed E-state index contributed by atoms with van der Waals surface area (Å²) >= 11 is 1.39. The third-order valence-electron chi connectivity index (χ3n) is 5.09. The highest BCUT2D eigenvalue weighted by atomic mass is 32.2. The fourth-order valence-electron chi connectivity index (χ4n) is 3.43. The molecule has 1 aliphatic heterocycles. The SMILES string of the molecule is C/C=C\C(C=O)=NC.CC.CCCC(=O)C(CC1CCOCC1)c1ccc(SC)c(F)c1. The molecule has 0 spiro atoms. The molecule has 1 heterocycles. The van der Waals surface area contributed by atoms with Gasteiger partial charge in [-0.05, 0) is 68.6 Å². The molecule has 0 radical (unpaired) electrons. The van der Waals surface area contributed by atoms with Gasteiger partial charge in [-0.3, -0.25) is 14.6 Å². The van der Waals surface area contributed by atoms with Gasteiger partial charge < -0.3 is 4.74 Å². The van der Waals surface area contributed by atoms with Gasteiger partial charge in [-0.2, -0.15) is 0 Å². The van der Waals surface area contributed by atoms with E-state index in [1.165, 1.54) is 11.8 Å². The molecule has 0 N–H and O–H groups in total. The summed E-state index contributed by atoms with van der Waals surface area (Å²) in [5.41, 5.74) is 1.31. The molecule has 0 amide bonds. The fraction of sp³-hybridized carbons (Fsp3) is 0.577. The van der Waals surface area contributed by atoms with Crippen LogP contribution in [0, 0.1) is 11.7 Å². The molecule has 0 aliphatic carbocycles. The minimum absolute atomic E-state index is 0.173. The van der Waals surface area contributed by atoms with Crippen LogP contribution in [-0.4, -0.2) is 44.3 Å². The molecule has 1 atom stereocenters. The summed E-state index contributed by atoms with van der Waals surface area (Å²) in [4.78, 5) is 26.8. The Balaban J connectivity index is 0.000000814. The highest BCUT2D eigenvalue weighted by Crippen LogP contribution is 2.33. The number of ketones is 1. The Bertz CT molecular complexity index is 728. The predicted molar refractivity (Wildman–Crippen MR) is 135 cm³/mol. The number of thioether (sulfide) groups is 1. The molecule has 1 fully saturated rings. The molecule has 0 aromatic heterocycles. The van der Waals surface area contributed by atoms with Crippen molar-refractivity contribution in [2.45, 2.75) is 70.6 Å². The van der Waals surface area contributed by atoms with Gasteiger partial charge >= 0.3 is 0 Å². The van der Waals surface area contributed by atoms with Crippen LogP contribution in [0.5, 0.6) is 0 Å². The molecule has 0 saturated carbocycles. The van der Waals surface area contributed by atoms with Gasteiger partial charge in [0, 0.05) is 37.5 Å². The quantitative estimate of drug-likeness (QED) is 0.232. The maximum absolute atomic E-state index is 14.1. The van der Waals surface area contributed by atoms with Crippen LogP contribution in [0.25, 0.3) is 0 Å². The number of rotatable bonds is 9. The largest absolute Gasteiger partial charge is 0.381 e. The number of carbonyl (C=O) groups excluding carboxylic acids is 2. The minimum Gasteiger partial charge on any atom is -0.381 e. The van der Waals surface area contributed by atoms with Crippen LogP contribution in [0.2, 0.25) is 0 Å². The Kier molecular flexibility index (Phi) is 17.7. The Labute approximate surface area is 198 Å². The van der Waals surface area contributed by atoms with Crippen molar-refractivity contribution in [3.8, 4) is 0 Å². The number of nitrogens with zero attached hydrogens (tertiary/aromatic N) is 1. The third kappa shape index (κ3) is 11.2. The maximum atomic E-state index is 14.1. The Hall–Kier alpha value is -1.79. The number of carbonyl (C=O) groups is 2. The molecule has 32 heavy (non-hydrogen) atoms. The number of allylic oxidation sites excluding steroid dienone is 2. The summed E-state index contributed by atoms with van der Waals surface area (Å²) in [5, 5.41) is 0. The molecular formula is C26H40FNO3S. The molecule has 180 valence electrons. The molecule has 1 aromatic carbocycles. The lowest BCUT2D eigenvalue weighted by molar-refractivity contribution is -0.121. The summed E-state index contributed by atoms with van der Waals surface area (Å²) in [6, 6.07) is 5.28. The fourth-order valence-corrected chi connectivity index (χ4v) is 3.88. The molecular weight excluding hydrogens is 425 g/mol. The maximum Gasteiger partial charge on any atom is 0.167 e. The van der Waals surface area contributed by atoms with Crippen LogP contribution in [0.1, 0.15) is 71.3 Å². The number of halogens is 1. The molecule has 2 rings (SSSR count). The van der Waals surface area contributed by atoms with Gasteiger partial charge in [0.25, 0.3) is 0 Å². The predicted octanol–water partition coefficient (Wildman–Crippen LogP) is 6.68. The second-order valence-corrected chi connectivity index (χ2v) is 8.07. The average Bonchev–Trinajstić information content (AvgIpc) is 2.83. The first kappa shape index (κ1) is 30.2. The van der Waals surface area contributed by atoms with Crippen molar-refractivity contribution < 1.29 is 18.7 Å². The van der Waals surface area contributed by atoms with E-state index in [1.807, 2.05) is 40.0 Å². The van der Waals surface area contributed by atoms with E-state index in [1.54, 1.807) is 31.3 Å². The number of aliphatic imine (C=N–C) groups is 1. The van der Waals surface area contributed by atoms with E-state index in [0.717, 1.165) is 50.7 Å². The zero-order valence-electron chi connectivity index (χ0n) is 20.5. The van der Waals surface area contributed by atoms with Gasteiger partial charge in [0.15, 0.2) is 6.29 Å². The van der Waals surface area contributed by atoms with E-state index in [-0.39, 0.29) is 17.5 Å². The van der Waals surface area contributed by atoms with Gasteiger partial charge in [0.2, 0.25) is 0 Å². The van der Waals surface area contributed by atoms with Gasteiger partial charge in [0.1, 0.15) is 11.6 Å². The Morgan fingerprint density at radius 1 is 1.31 bits per heavy atom. The monoisotopic (exact) mass is 465 g/mol. The minimum atomic E-state index is -0.216. The molecule has 1 aromatic rings. The lowest BCUT2D eigenvalue weighted by atomic mass is 9.81. The van der Waals surface area contributed by atoms with Crippen LogP contribution in [0.15, 0.2) is 40.2 Å². The zero-order chi connectivity index (χ0) is 24.4. The Morgan fingerprint density at radius 3 is 2.41 bits per heavy atom. The van der Waals surface area contributed by atoms with Crippen LogP contribution in [0.3, 0.4) is 0 Å². The van der Waals surface area contributed by atoms with E-state index in [2.05, 4.69) is 4.99 Å². The number of hydrogen-bond acceptors (Lipinski definition) is 5. The first-order chi connectivity index (χ1) is 15.5. The van der Waals surface area contributed by atoms with Crippen molar-refractivity contribution in [1.82, 2.24) is 0 Å². The summed E-state index contributed by atoms with van der Waals surface area (Å²) in [5.74, 6) is 0.355. The number of hydrogen-bond donors (Lipinski definition) is 0. The molecule has 0 bridgehead atoms. The number of ether oxygens (including phenoxy) is 1. The standard InChI is InChI=1S/C18H25FO2S.C6H9NO.C2H6/c1-3-4-17(20)15(11-13-7-9-21-10-8-13)14-5-6-18(22-2)16(19)12-14;1-3-4-6(5-8)7-2;1-2/h5-6,12-13,15H,3-4,7-11H2,1-2H3;3-5H,1-2H3;1-2H3/b;4-3-,7-6?;. The lowest BCUT2D eigenvalue weighted by Gasteiger charge is -2.26. The Morgan fingerprint density at radius 2 is 1.97 bits per heavy atom. The molecule has 4 nitrogen and oxygen atoms in total. The third-order valence-corrected chi connectivity index (χ3v) is 5.86. The van der Waals surface area contributed by atoms with Crippen LogP contribution < -0.4 is 0 Å². The summed E-state index contributed by atoms with van der Waals surface area (Å²) in [6.45, 7) is 9.41. The second-order valence-electron chi connectivity index (χ2n) is 7.22. The van der Waals surface area contributed by atoms with Gasteiger partial charge in [-0.25, -0.2) is 4.39 Å². The van der Waals surface area contributed by atoms with Crippen LogP contribution in [-0.2, 0) is 14.3 Å². The van der Waals surface area contributed by atoms with E-state index in [9.17, 15) is 14.0 Å². The van der Waals surface area contributed by atoms with Crippen molar-refractivity contribution in [3.05, 3.63) is 41.7 Å². The zero-order valence-corrected chi connectivity index (χ0v) is 21.3. The van der Waals surface area contributed by atoms with E-state index in [0.29, 0.717) is 22.9 Å². The average molecular weight is 466 g/mol. The van der Waals surface area contributed by atoms with Crippen molar-refractivity contribution >= 4 is 29.5 Å². The number of benzene rings is 1. The van der Waals surface area contributed by atoms with Gasteiger partial charge in [0.05, 0.1) is 5.71 Å². The van der Waals surface area contributed by atoms with Crippen molar-refractivity contribution in [3.63, 3.8) is 0 Å². The first-order valence-corrected chi connectivity index (χ1v) is 12.7. The number of aldehydes is 1. The lowest BCUT2D eigenvalue weighted by Crippen LogP contribution is -2.22. The molecule has 1 aliphatic rings. The summed E-state index contributed by atoms with van der Waals surface area (Å²) < 4.78 is 19.5. The van der Waals surface area contributed by atoms with Gasteiger partial charge in [-0.1, -0.05) is 32.9 Å². The van der Waals surface area contributed by atoms with Crippen molar-refractivity contribution in [2.24, 2.45) is 10.9 Å². The topological polar surface area (TPSA) is 55.7 Å². The van der Waals surface area contributed by atoms with Gasteiger partial charge in [-0.15, -0.1) is 11.8 Å². The van der Waals surface area contributed by atoms with E-state index in [4.69, 9.17) is 4.74 Å². The van der Waals surface area contributed by atoms with Crippen molar-refractivity contribution in [2.75, 3.05) is 26.5 Å². The second kappa shape index (κ2) is 18.8. The smallest absolute Gasteiger partial charge is 0.167 e. The highest BCUT2D eigenvalue weighted by Gasteiger charge is 2.26. The molecule has 6 heteroatoms. The summed E-state index contributed by atoms with van der Waals surface area (Å²) in [6.07, 6.45) is 10.3. The highest BCUT2D eigenvalue weighted by molar-refractivity contribution is 7.98. The molecule has 1 saturated heterocycles. The molecule has 1 unspecified atom stereocenters. The van der Waals surface area contributed by atoms with Crippen molar-refractivity contribution in [1.29, 1.82) is 0 Å². The normalized spacial score (nSPS) is 15.3.